The van der Waals surface area contributed by atoms with Crippen LogP contribution in [0.2, 0.25) is 15.1 Å². The van der Waals surface area contributed by atoms with Crippen molar-refractivity contribution in [3.63, 3.8) is 0 Å². The van der Waals surface area contributed by atoms with Crippen LogP contribution < -0.4 is 5.73 Å². The molecule has 0 bridgehead atoms. The third-order valence-electron chi connectivity index (χ3n) is 2.83. The number of hydrogen-bond donors (Lipinski definition) is 1. The van der Waals surface area contributed by atoms with Crippen molar-refractivity contribution in [2.24, 2.45) is 5.73 Å². The molecular weight excluding hydrogens is 415 g/mol. The number of nitrogens with two attached hydrogens (primary N) is 1. The van der Waals surface area contributed by atoms with E-state index >= 15 is 0 Å². The number of benzene rings is 2. The van der Waals surface area contributed by atoms with E-state index in [2.05, 4.69) is 22.6 Å². The Hall–Kier alpha value is -0.0000000000000000555. The zero-order valence-electron chi connectivity index (χ0n) is 9.84. The number of halogens is 4. The van der Waals surface area contributed by atoms with Crippen LogP contribution in [0.25, 0.3) is 0 Å². The van der Waals surface area contributed by atoms with Crippen molar-refractivity contribution in [3.05, 3.63) is 66.2 Å². The van der Waals surface area contributed by atoms with Crippen LogP contribution in [0, 0.1) is 3.57 Å². The van der Waals surface area contributed by atoms with Gasteiger partial charge < -0.3 is 5.73 Å². The molecule has 0 aliphatic rings. The highest BCUT2D eigenvalue weighted by atomic mass is 127. The quantitative estimate of drug-likeness (QED) is 0.645. The molecule has 0 radical (unpaired) electrons. The van der Waals surface area contributed by atoms with Crippen LogP contribution in [-0.2, 0) is 6.42 Å². The molecule has 2 N–H and O–H groups in total. The molecule has 0 aliphatic carbocycles. The second kappa shape index (κ2) is 6.64. The summed E-state index contributed by atoms with van der Waals surface area (Å²) in [5.41, 5.74) is 8.18. The van der Waals surface area contributed by atoms with Crippen LogP contribution in [0.5, 0.6) is 0 Å². The van der Waals surface area contributed by atoms with Crippen LogP contribution in [0.1, 0.15) is 17.2 Å². The molecule has 1 unspecified atom stereocenters. The Kier molecular flexibility index (Phi) is 5.37. The van der Waals surface area contributed by atoms with Crippen molar-refractivity contribution in [1.82, 2.24) is 0 Å². The van der Waals surface area contributed by atoms with Gasteiger partial charge in [0.1, 0.15) is 0 Å². The summed E-state index contributed by atoms with van der Waals surface area (Å²) in [7, 11) is 0. The molecule has 0 amide bonds. The van der Waals surface area contributed by atoms with E-state index in [9.17, 15) is 0 Å². The maximum absolute atomic E-state index is 6.20. The highest BCUT2D eigenvalue weighted by molar-refractivity contribution is 14.1. The van der Waals surface area contributed by atoms with E-state index < -0.39 is 0 Å². The summed E-state index contributed by atoms with van der Waals surface area (Å²) in [5.74, 6) is 0. The van der Waals surface area contributed by atoms with Crippen LogP contribution in [0.15, 0.2) is 36.4 Å². The van der Waals surface area contributed by atoms with Gasteiger partial charge in [-0.2, -0.15) is 0 Å². The van der Waals surface area contributed by atoms with Gasteiger partial charge in [-0.05, 0) is 64.4 Å². The van der Waals surface area contributed by atoms with Crippen molar-refractivity contribution < 1.29 is 0 Å². The van der Waals surface area contributed by atoms with E-state index in [-0.39, 0.29) is 6.04 Å². The molecule has 0 aromatic heterocycles. The van der Waals surface area contributed by atoms with E-state index in [1.807, 2.05) is 30.3 Å². The normalized spacial score (nSPS) is 12.5. The molecule has 2 rings (SSSR count). The molecule has 100 valence electrons. The molecule has 2 aromatic rings. The van der Waals surface area contributed by atoms with E-state index in [1.165, 1.54) is 0 Å². The first-order valence-electron chi connectivity index (χ1n) is 5.62. The summed E-state index contributed by atoms with van der Waals surface area (Å²) in [6.45, 7) is 0. The zero-order valence-corrected chi connectivity index (χ0v) is 14.3. The number of rotatable bonds is 3. The van der Waals surface area contributed by atoms with Crippen molar-refractivity contribution in [1.29, 1.82) is 0 Å². The van der Waals surface area contributed by atoms with Gasteiger partial charge in [-0.25, -0.2) is 0 Å². The van der Waals surface area contributed by atoms with Crippen molar-refractivity contribution >= 4 is 57.4 Å². The van der Waals surface area contributed by atoms with Crippen LogP contribution in [0.3, 0.4) is 0 Å². The van der Waals surface area contributed by atoms with Crippen LogP contribution in [0.4, 0.5) is 0 Å². The summed E-state index contributed by atoms with van der Waals surface area (Å²) < 4.78 is 1.01. The molecule has 0 heterocycles. The molecule has 0 fully saturated rings. The minimum atomic E-state index is -0.145. The van der Waals surface area contributed by atoms with Gasteiger partial charge in [-0.3, -0.25) is 0 Å². The van der Waals surface area contributed by atoms with Gasteiger partial charge in [0.05, 0.1) is 5.02 Å². The number of hydrogen-bond acceptors (Lipinski definition) is 1. The predicted molar refractivity (Wildman–Crippen MR) is 91.3 cm³/mol. The first-order valence-corrected chi connectivity index (χ1v) is 7.83. The van der Waals surface area contributed by atoms with E-state index in [0.717, 1.165) is 19.7 Å². The topological polar surface area (TPSA) is 26.0 Å². The van der Waals surface area contributed by atoms with E-state index in [4.69, 9.17) is 40.5 Å². The lowest BCUT2D eigenvalue weighted by atomic mass is 10.00. The Balaban J connectivity index is 2.20. The maximum Gasteiger partial charge on any atom is 0.0542 e. The summed E-state index contributed by atoms with van der Waals surface area (Å²) in [5, 5.41) is 1.98. The largest absolute Gasteiger partial charge is 0.324 e. The highest BCUT2D eigenvalue weighted by Gasteiger charge is 2.11. The fourth-order valence-corrected chi connectivity index (χ4v) is 2.80. The van der Waals surface area contributed by atoms with Crippen molar-refractivity contribution in [2.45, 2.75) is 12.5 Å². The van der Waals surface area contributed by atoms with Gasteiger partial charge in [-0.15, -0.1) is 0 Å². The second-order valence-electron chi connectivity index (χ2n) is 4.22. The first-order chi connectivity index (χ1) is 8.97. The van der Waals surface area contributed by atoms with Gasteiger partial charge in [0, 0.05) is 19.7 Å². The van der Waals surface area contributed by atoms with Gasteiger partial charge in [-0.1, -0.05) is 46.9 Å². The summed E-state index contributed by atoms with van der Waals surface area (Å²) in [4.78, 5) is 0. The fourth-order valence-electron chi connectivity index (χ4n) is 1.79. The third kappa shape index (κ3) is 3.99. The van der Waals surface area contributed by atoms with Gasteiger partial charge in [0.25, 0.3) is 0 Å². The molecule has 1 nitrogen and oxygen atoms in total. The summed E-state index contributed by atoms with van der Waals surface area (Å²) >= 11 is 20.3. The fraction of sp³-hybridized carbons (Fsp3) is 0.143. The molecule has 0 saturated heterocycles. The Bertz CT molecular complexity index is 601. The van der Waals surface area contributed by atoms with Crippen molar-refractivity contribution in [2.75, 3.05) is 0 Å². The monoisotopic (exact) mass is 425 g/mol. The van der Waals surface area contributed by atoms with Crippen molar-refractivity contribution in [3.8, 4) is 0 Å². The minimum Gasteiger partial charge on any atom is -0.324 e. The molecule has 5 heteroatoms. The maximum atomic E-state index is 6.20. The molecule has 0 spiro atoms. The first kappa shape index (κ1) is 15.4. The highest BCUT2D eigenvalue weighted by Crippen LogP contribution is 2.27. The Labute approximate surface area is 141 Å². The lowest BCUT2D eigenvalue weighted by molar-refractivity contribution is 0.722. The van der Waals surface area contributed by atoms with Crippen LogP contribution in [-0.4, -0.2) is 0 Å². The lowest BCUT2D eigenvalue weighted by Crippen LogP contribution is -2.13. The van der Waals surface area contributed by atoms with Gasteiger partial charge >= 0.3 is 0 Å². The average Bonchev–Trinajstić information content (AvgIpc) is 2.36. The van der Waals surface area contributed by atoms with E-state index in [1.54, 1.807) is 6.07 Å². The Morgan fingerprint density at radius 3 is 2.37 bits per heavy atom. The molecule has 2 aromatic carbocycles. The predicted octanol–water partition coefficient (Wildman–Crippen LogP) is 5.49. The molecule has 0 aliphatic heterocycles. The summed E-state index contributed by atoms with van der Waals surface area (Å²) in [6.07, 6.45) is 0.646. The average molecular weight is 427 g/mol. The third-order valence-corrected chi connectivity index (χ3v) is 4.99. The SMILES string of the molecule is NC(Cc1ccc(Cl)cc1Cl)c1ccc(I)c(Cl)c1. The Morgan fingerprint density at radius 2 is 1.74 bits per heavy atom. The standard InChI is InChI=1S/C14H11Cl3IN/c15-10-3-1-8(11(16)7-10)6-14(19)9-2-4-13(18)12(17)5-9/h1-5,7,14H,6,19H2. The van der Waals surface area contributed by atoms with E-state index in [0.29, 0.717) is 16.5 Å². The molecule has 19 heavy (non-hydrogen) atoms. The summed E-state index contributed by atoms with van der Waals surface area (Å²) in [6, 6.07) is 11.1. The zero-order chi connectivity index (χ0) is 14.0. The molecule has 0 saturated carbocycles. The smallest absolute Gasteiger partial charge is 0.0542 e. The minimum absolute atomic E-state index is 0.145. The molecular formula is C14H11Cl3IN. The Morgan fingerprint density at radius 1 is 1.00 bits per heavy atom. The van der Waals surface area contributed by atoms with Crippen LogP contribution >= 0.6 is 57.4 Å². The second-order valence-corrected chi connectivity index (χ2v) is 6.63. The van der Waals surface area contributed by atoms with Gasteiger partial charge in [0.2, 0.25) is 0 Å². The molecule has 1 atom stereocenters. The lowest BCUT2D eigenvalue weighted by Gasteiger charge is -2.14. The van der Waals surface area contributed by atoms with Gasteiger partial charge in [0.15, 0.2) is 0 Å².